The summed E-state index contributed by atoms with van der Waals surface area (Å²) in [4.78, 5) is 11.2. The summed E-state index contributed by atoms with van der Waals surface area (Å²) in [5, 5.41) is 0. The van der Waals surface area contributed by atoms with Gasteiger partial charge in [0.2, 0.25) is 5.78 Å². The molecule has 5 nitrogen and oxygen atoms in total. The molecule has 1 fully saturated rings. The second-order valence-electron chi connectivity index (χ2n) is 6.15. The normalized spacial score (nSPS) is 23.8. The summed E-state index contributed by atoms with van der Waals surface area (Å²) in [6, 6.07) is 2.22. The molecule has 0 amide bonds. The van der Waals surface area contributed by atoms with Crippen molar-refractivity contribution < 1.29 is 0 Å². The maximum atomic E-state index is 6.17. The minimum atomic E-state index is 0.176. The quantitative estimate of drug-likeness (QED) is 0.883. The second kappa shape index (κ2) is 4.58. The number of fused-ring (bicyclic) bond motifs is 1. The molecule has 2 aromatic heterocycles. The maximum Gasteiger partial charge on any atom is 0.233 e. The summed E-state index contributed by atoms with van der Waals surface area (Å²) < 4.78 is 1.97. The van der Waals surface area contributed by atoms with Crippen LogP contribution in [0, 0.1) is 5.41 Å². The summed E-state index contributed by atoms with van der Waals surface area (Å²) in [5.41, 5.74) is 7.42. The summed E-state index contributed by atoms with van der Waals surface area (Å²) in [7, 11) is 0. The molecule has 0 radical (unpaired) electrons. The maximum absolute atomic E-state index is 6.17. The van der Waals surface area contributed by atoms with Crippen LogP contribution < -0.4 is 5.73 Å². The number of aromatic nitrogens is 3. The Labute approximate surface area is 113 Å². The Bertz CT molecular complexity index is 541. The lowest BCUT2D eigenvalue weighted by Gasteiger charge is -2.42. The molecular formula is C14H21N5. The lowest BCUT2D eigenvalue weighted by Crippen LogP contribution is -2.52. The van der Waals surface area contributed by atoms with Crippen molar-refractivity contribution >= 4 is 5.78 Å². The molecule has 0 bridgehead atoms. The lowest BCUT2D eigenvalue weighted by atomic mass is 9.80. The van der Waals surface area contributed by atoms with Crippen LogP contribution in [0.1, 0.15) is 26.0 Å². The topological polar surface area (TPSA) is 59.5 Å². The van der Waals surface area contributed by atoms with Gasteiger partial charge in [0.1, 0.15) is 0 Å². The number of likely N-dealkylation sites (tertiary alicyclic amines) is 1. The fourth-order valence-corrected chi connectivity index (χ4v) is 2.80. The Balaban J connectivity index is 1.74. The highest BCUT2D eigenvalue weighted by Gasteiger charge is 2.33. The third-order valence-electron chi connectivity index (χ3n) is 4.06. The molecule has 1 aliphatic heterocycles. The molecule has 5 heteroatoms. The Morgan fingerprint density at radius 2 is 2.32 bits per heavy atom. The van der Waals surface area contributed by atoms with E-state index in [1.807, 2.05) is 16.7 Å². The van der Waals surface area contributed by atoms with Gasteiger partial charge in [0.05, 0.1) is 5.69 Å². The van der Waals surface area contributed by atoms with Gasteiger partial charge in [-0.05, 0) is 17.9 Å². The van der Waals surface area contributed by atoms with E-state index in [0.29, 0.717) is 6.04 Å². The predicted octanol–water partition coefficient (Wildman–Crippen LogP) is 1.29. The molecule has 3 heterocycles. The SMILES string of the molecule is CC1(C)CN(Cc2cn3cccnc3n2)CCC1N. The highest BCUT2D eigenvalue weighted by molar-refractivity contribution is 5.29. The van der Waals surface area contributed by atoms with Gasteiger partial charge in [0, 0.05) is 44.3 Å². The van der Waals surface area contributed by atoms with Crippen molar-refractivity contribution in [3.05, 3.63) is 30.4 Å². The summed E-state index contributed by atoms with van der Waals surface area (Å²) in [6.07, 6.45) is 6.87. The van der Waals surface area contributed by atoms with Crippen LogP contribution in [0.3, 0.4) is 0 Å². The summed E-state index contributed by atoms with van der Waals surface area (Å²) in [6.45, 7) is 7.44. The molecule has 1 unspecified atom stereocenters. The lowest BCUT2D eigenvalue weighted by molar-refractivity contribution is 0.0890. The zero-order valence-corrected chi connectivity index (χ0v) is 11.6. The molecule has 2 N–H and O–H groups in total. The molecular weight excluding hydrogens is 238 g/mol. The van der Waals surface area contributed by atoms with Gasteiger partial charge >= 0.3 is 0 Å². The molecule has 0 aromatic carbocycles. The minimum absolute atomic E-state index is 0.176. The third kappa shape index (κ3) is 2.48. The Hall–Kier alpha value is -1.46. The first-order valence-electron chi connectivity index (χ1n) is 6.81. The van der Waals surface area contributed by atoms with Crippen molar-refractivity contribution in [1.29, 1.82) is 0 Å². The van der Waals surface area contributed by atoms with Crippen molar-refractivity contribution in [2.45, 2.75) is 32.9 Å². The molecule has 1 saturated heterocycles. The first-order valence-corrected chi connectivity index (χ1v) is 6.81. The van der Waals surface area contributed by atoms with E-state index in [2.05, 4.69) is 34.9 Å². The van der Waals surface area contributed by atoms with Crippen molar-refractivity contribution in [2.75, 3.05) is 13.1 Å². The fourth-order valence-electron chi connectivity index (χ4n) is 2.80. The fraction of sp³-hybridized carbons (Fsp3) is 0.571. The van der Waals surface area contributed by atoms with E-state index in [0.717, 1.165) is 37.5 Å². The smallest absolute Gasteiger partial charge is 0.233 e. The molecule has 1 aliphatic rings. The molecule has 102 valence electrons. The van der Waals surface area contributed by atoms with E-state index in [9.17, 15) is 0 Å². The van der Waals surface area contributed by atoms with E-state index in [1.54, 1.807) is 6.20 Å². The van der Waals surface area contributed by atoms with E-state index in [-0.39, 0.29) is 5.41 Å². The van der Waals surface area contributed by atoms with Gasteiger partial charge in [-0.3, -0.25) is 9.30 Å². The van der Waals surface area contributed by atoms with E-state index >= 15 is 0 Å². The van der Waals surface area contributed by atoms with Crippen molar-refractivity contribution in [2.24, 2.45) is 11.1 Å². The minimum Gasteiger partial charge on any atom is -0.327 e. The number of nitrogens with zero attached hydrogens (tertiary/aromatic N) is 4. The van der Waals surface area contributed by atoms with Gasteiger partial charge in [0.25, 0.3) is 0 Å². The van der Waals surface area contributed by atoms with Gasteiger partial charge in [-0.2, -0.15) is 0 Å². The van der Waals surface area contributed by atoms with E-state index in [1.165, 1.54) is 0 Å². The molecule has 0 aliphatic carbocycles. The average Bonchev–Trinajstić information content (AvgIpc) is 2.75. The summed E-state index contributed by atoms with van der Waals surface area (Å²) >= 11 is 0. The van der Waals surface area contributed by atoms with Gasteiger partial charge in [0.15, 0.2) is 0 Å². The second-order valence-corrected chi connectivity index (χ2v) is 6.15. The van der Waals surface area contributed by atoms with Gasteiger partial charge < -0.3 is 5.73 Å². The molecule has 1 atom stereocenters. The van der Waals surface area contributed by atoms with E-state index < -0.39 is 0 Å². The molecule has 0 spiro atoms. The first kappa shape index (κ1) is 12.6. The summed E-state index contributed by atoms with van der Waals surface area (Å²) in [5.74, 6) is 0.769. The van der Waals surface area contributed by atoms with Crippen LogP contribution in [0.5, 0.6) is 0 Å². The first-order chi connectivity index (χ1) is 9.04. The van der Waals surface area contributed by atoms with Gasteiger partial charge in [-0.1, -0.05) is 13.8 Å². The van der Waals surface area contributed by atoms with Crippen LogP contribution in [0.15, 0.2) is 24.7 Å². The number of imidazole rings is 1. The third-order valence-corrected chi connectivity index (χ3v) is 4.06. The zero-order chi connectivity index (χ0) is 13.5. The van der Waals surface area contributed by atoms with Gasteiger partial charge in [-0.25, -0.2) is 9.97 Å². The van der Waals surface area contributed by atoms with Crippen LogP contribution >= 0.6 is 0 Å². The highest BCUT2D eigenvalue weighted by atomic mass is 15.2. The van der Waals surface area contributed by atoms with Crippen LogP contribution in [0.25, 0.3) is 5.78 Å². The molecule has 2 aromatic rings. The Morgan fingerprint density at radius 1 is 1.47 bits per heavy atom. The number of piperidine rings is 1. The standard InChI is InChI=1S/C14H21N5/c1-14(2)10-18(7-4-12(14)15)8-11-9-19-6-3-5-16-13(19)17-11/h3,5-6,9,12H,4,7-8,10,15H2,1-2H3. The predicted molar refractivity (Wildman–Crippen MR) is 74.6 cm³/mol. The van der Waals surface area contributed by atoms with Crippen LogP contribution in [-0.2, 0) is 6.54 Å². The van der Waals surface area contributed by atoms with Crippen molar-refractivity contribution in [1.82, 2.24) is 19.3 Å². The molecule has 0 saturated carbocycles. The largest absolute Gasteiger partial charge is 0.327 e. The number of hydrogen-bond acceptors (Lipinski definition) is 4. The van der Waals surface area contributed by atoms with Crippen LogP contribution in [0.4, 0.5) is 0 Å². The van der Waals surface area contributed by atoms with Crippen LogP contribution in [-0.4, -0.2) is 38.4 Å². The molecule has 19 heavy (non-hydrogen) atoms. The zero-order valence-electron chi connectivity index (χ0n) is 11.6. The van der Waals surface area contributed by atoms with Crippen molar-refractivity contribution in [3.63, 3.8) is 0 Å². The number of hydrogen-bond donors (Lipinski definition) is 1. The van der Waals surface area contributed by atoms with Crippen molar-refractivity contribution in [3.8, 4) is 0 Å². The van der Waals surface area contributed by atoms with Gasteiger partial charge in [-0.15, -0.1) is 0 Å². The van der Waals surface area contributed by atoms with E-state index in [4.69, 9.17) is 5.73 Å². The monoisotopic (exact) mass is 259 g/mol. The average molecular weight is 259 g/mol. The number of rotatable bonds is 2. The Kier molecular flexibility index (Phi) is 3.03. The number of nitrogens with two attached hydrogens (primary N) is 1. The highest BCUT2D eigenvalue weighted by Crippen LogP contribution is 2.28. The Morgan fingerprint density at radius 3 is 3.05 bits per heavy atom. The van der Waals surface area contributed by atoms with Crippen LogP contribution in [0.2, 0.25) is 0 Å². The molecule has 3 rings (SSSR count).